The molecule has 0 aromatic carbocycles. The van der Waals surface area contributed by atoms with Gasteiger partial charge in [0.05, 0.1) is 0 Å². The van der Waals surface area contributed by atoms with Crippen LogP contribution in [0.25, 0.3) is 0 Å². The van der Waals surface area contributed by atoms with Crippen molar-refractivity contribution in [2.45, 2.75) is 52.2 Å². The second kappa shape index (κ2) is 7.38. The van der Waals surface area contributed by atoms with Crippen LogP contribution in [0.1, 0.15) is 38.5 Å². The van der Waals surface area contributed by atoms with Gasteiger partial charge in [0.25, 0.3) is 0 Å². The number of anilines is 1. The first-order valence-electron chi connectivity index (χ1n) is 7.73. The van der Waals surface area contributed by atoms with E-state index in [0.717, 1.165) is 18.2 Å². The Morgan fingerprint density at radius 3 is 3.05 bits per heavy atom. The number of nitrogens with one attached hydrogen (secondary N) is 1. The second-order valence-electron chi connectivity index (χ2n) is 5.95. The smallest absolute Gasteiger partial charge is 0.185 e. The van der Waals surface area contributed by atoms with Crippen LogP contribution in [0.15, 0.2) is 6.20 Å². The number of nitrogens with zero attached hydrogens (tertiary/aromatic N) is 3. The van der Waals surface area contributed by atoms with Crippen LogP contribution in [0.3, 0.4) is 0 Å². The summed E-state index contributed by atoms with van der Waals surface area (Å²) in [5, 5.41) is 4.59. The van der Waals surface area contributed by atoms with Crippen molar-refractivity contribution in [1.82, 2.24) is 15.2 Å². The van der Waals surface area contributed by atoms with E-state index >= 15 is 0 Å². The highest BCUT2D eigenvalue weighted by molar-refractivity contribution is 7.15. The number of hydrogen-bond acceptors (Lipinski definition) is 5. The summed E-state index contributed by atoms with van der Waals surface area (Å²) in [5.41, 5.74) is 0. The fourth-order valence-electron chi connectivity index (χ4n) is 2.77. The summed E-state index contributed by atoms with van der Waals surface area (Å²) in [5.74, 6) is 0. The molecule has 1 saturated heterocycles. The molecule has 1 fully saturated rings. The summed E-state index contributed by atoms with van der Waals surface area (Å²) in [4.78, 5) is 10.8. The van der Waals surface area contributed by atoms with Gasteiger partial charge < -0.3 is 10.2 Å². The molecular weight excluding hydrogens is 268 g/mol. The van der Waals surface area contributed by atoms with E-state index in [0.29, 0.717) is 12.1 Å². The maximum Gasteiger partial charge on any atom is 0.185 e. The minimum Gasteiger partial charge on any atom is -0.350 e. The highest BCUT2D eigenvalue weighted by Crippen LogP contribution is 2.24. The minimum atomic E-state index is 0.523. The molecule has 1 N–H and O–H groups in total. The Morgan fingerprint density at radius 1 is 1.55 bits per heavy atom. The van der Waals surface area contributed by atoms with Crippen molar-refractivity contribution >= 4 is 16.5 Å². The Labute approximate surface area is 127 Å². The third kappa shape index (κ3) is 4.17. The number of likely N-dealkylation sites (N-methyl/N-ethyl adjacent to an activating group) is 2. The molecule has 114 valence electrons. The first-order valence-corrected chi connectivity index (χ1v) is 8.55. The predicted molar refractivity (Wildman–Crippen MR) is 87.6 cm³/mol. The molecule has 1 unspecified atom stereocenters. The van der Waals surface area contributed by atoms with Crippen molar-refractivity contribution in [3.63, 3.8) is 0 Å². The molecule has 1 aliphatic rings. The highest BCUT2D eigenvalue weighted by Gasteiger charge is 2.24. The van der Waals surface area contributed by atoms with Gasteiger partial charge in [-0.3, -0.25) is 4.90 Å². The van der Waals surface area contributed by atoms with E-state index in [9.17, 15) is 0 Å². The molecule has 0 spiro atoms. The quantitative estimate of drug-likeness (QED) is 0.838. The second-order valence-corrected chi connectivity index (χ2v) is 7.04. The predicted octanol–water partition coefficient (Wildman–Crippen LogP) is 2.56. The van der Waals surface area contributed by atoms with Crippen LogP contribution in [0, 0.1) is 0 Å². The summed E-state index contributed by atoms with van der Waals surface area (Å²) < 4.78 is 0. The largest absolute Gasteiger partial charge is 0.350 e. The third-order valence-corrected chi connectivity index (χ3v) is 5.05. The molecule has 2 heterocycles. The van der Waals surface area contributed by atoms with Gasteiger partial charge in [-0.2, -0.15) is 0 Å². The number of likely N-dealkylation sites (tertiary alicyclic amines) is 1. The zero-order chi connectivity index (χ0) is 14.5. The monoisotopic (exact) mass is 296 g/mol. The van der Waals surface area contributed by atoms with Crippen LogP contribution in [0.5, 0.6) is 0 Å². The van der Waals surface area contributed by atoms with Crippen LogP contribution < -0.4 is 10.2 Å². The lowest BCUT2D eigenvalue weighted by Gasteiger charge is -2.27. The molecule has 4 nitrogen and oxygen atoms in total. The lowest BCUT2D eigenvalue weighted by molar-refractivity contribution is 0.270. The highest BCUT2D eigenvalue weighted by atomic mass is 32.1. The molecule has 5 heteroatoms. The molecule has 1 atom stereocenters. The van der Waals surface area contributed by atoms with Crippen LogP contribution in [-0.4, -0.2) is 48.6 Å². The molecule has 0 aliphatic carbocycles. The average Bonchev–Trinajstić information content (AvgIpc) is 3.04. The van der Waals surface area contributed by atoms with Gasteiger partial charge in [-0.25, -0.2) is 4.98 Å². The Hall–Kier alpha value is -0.650. The summed E-state index contributed by atoms with van der Waals surface area (Å²) in [7, 11) is 2.17. The van der Waals surface area contributed by atoms with Crippen LogP contribution in [0.2, 0.25) is 0 Å². The lowest BCUT2D eigenvalue weighted by Crippen LogP contribution is -2.38. The van der Waals surface area contributed by atoms with E-state index in [1.54, 1.807) is 0 Å². The molecule has 2 rings (SSSR count). The van der Waals surface area contributed by atoms with E-state index in [1.807, 2.05) is 17.5 Å². The average molecular weight is 296 g/mol. The van der Waals surface area contributed by atoms with Crippen LogP contribution in [0.4, 0.5) is 5.13 Å². The first kappa shape index (κ1) is 15.7. The summed E-state index contributed by atoms with van der Waals surface area (Å²) in [6, 6.07) is 1.22. The maximum atomic E-state index is 4.57. The topological polar surface area (TPSA) is 31.4 Å². The summed E-state index contributed by atoms with van der Waals surface area (Å²) in [6.07, 6.45) is 4.68. The van der Waals surface area contributed by atoms with E-state index in [-0.39, 0.29) is 0 Å². The third-order valence-electron chi connectivity index (χ3n) is 3.94. The van der Waals surface area contributed by atoms with Gasteiger partial charge in [0.15, 0.2) is 5.13 Å². The SMILES string of the molecule is CCN1CCCC1CN(C)c1ncc(CNC(C)C)s1. The van der Waals surface area contributed by atoms with Crippen molar-refractivity contribution in [2.24, 2.45) is 0 Å². The molecule has 0 amide bonds. The van der Waals surface area contributed by atoms with E-state index in [4.69, 9.17) is 0 Å². The number of rotatable bonds is 7. The van der Waals surface area contributed by atoms with Gasteiger partial charge in [0, 0.05) is 43.3 Å². The van der Waals surface area contributed by atoms with Gasteiger partial charge in [-0.1, -0.05) is 20.8 Å². The number of hydrogen-bond donors (Lipinski definition) is 1. The fourth-order valence-corrected chi connectivity index (χ4v) is 3.60. The Kier molecular flexibility index (Phi) is 5.81. The van der Waals surface area contributed by atoms with Crippen molar-refractivity contribution in [2.75, 3.05) is 31.6 Å². The van der Waals surface area contributed by atoms with Crippen molar-refractivity contribution in [3.05, 3.63) is 11.1 Å². The Balaban J connectivity index is 1.87. The standard InChI is InChI=1S/C15H28N4S/c1-5-19-8-6-7-13(19)11-18(4)15-17-10-14(20-15)9-16-12(2)3/h10,12-13,16H,5-9,11H2,1-4H3. The molecule has 0 saturated carbocycles. The number of thiazole rings is 1. The number of aromatic nitrogens is 1. The molecule has 1 aromatic rings. The molecule has 20 heavy (non-hydrogen) atoms. The van der Waals surface area contributed by atoms with Crippen molar-refractivity contribution in [1.29, 1.82) is 0 Å². The molecular formula is C15H28N4S. The molecule has 1 aromatic heterocycles. The first-order chi connectivity index (χ1) is 9.60. The van der Waals surface area contributed by atoms with Crippen molar-refractivity contribution < 1.29 is 0 Å². The Bertz CT molecular complexity index is 404. The summed E-state index contributed by atoms with van der Waals surface area (Å²) in [6.45, 7) is 11.1. The molecule has 1 aliphatic heterocycles. The van der Waals surface area contributed by atoms with Crippen molar-refractivity contribution in [3.8, 4) is 0 Å². The van der Waals surface area contributed by atoms with Gasteiger partial charge in [0.2, 0.25) is 0 Å². The maximum absolute atomic E-state index is 4.57. The zero-order valence-electron chi connectivity index (χ0n) is 13.2. The molecule has 0 radical (unpaired) electrons. The summed E-state index contributed by atoms with van der Waals surface area (Å²) >= 11 is 1.81. The van der Waals surface area contributed by atoms with Crippen LogP contribution >= 0.6 is 11.3 Å². The van der Waals surface area contributed by atoms with E-state index in [1.165, 1.54) is 30.8 Å². The van der Waals surface area contributed by atoms with Gasteiger partial charge in [-0.05, 0) is 25.9 Å². The van der Waals surface area contributed by atoms with Gasteiger partial charge in [-0.15, -0.1) is 11.3 Å². The van der Waals surface area contributed by atoms with E-state index < -0.39 is 0 Å². The lowest BCUT2D eigenvalue weighted by atomic mass is 10.2. The fraction of sp³-hybridized carbons (Fsp3) is 0.800. The molecule has 0 bridgehead atoms. The van der Waals surface area contributed by atoms with Gasteiger partial charge in [0.1, 0.15) is 0 Å². The zero-order valence-corrected chi connectivity index (χ0v) is 14.0. The Morgan fingerprint density at radius 2 is 2.35 bits per heavy atom. The van der Waals surface area contributed by atoms with E-state index in [2.05, 4.69) is 47.9 Å². The normalized spacial score (nSPS) is 19.9. The van der Waals surface area contributed by atoms with Crippen LogP contribution in [-0.2, 0) is 6.54 Å². The minimum absolute atomic E-state index is 0.523. The van der Waals surface area contributed by atoms with Gasteiger partial charge >= 0.3 is 0 Å².